The molecule has 0 unspecified atom stereocenters. The number of hydrogen-bond donors (Lipinski definition) is 3. The predicted octanol–water partition coefficient (Wildman–Crippen LogP) is 1.13. The van der Waals surface area contributed by atoms with E-state index in [1.54, 1.807) is 0 Å². The van der Waals surface area contributed by atoms with E-state index in [-0.39, 0.29) is 11.8 Å². The molecule has 0 aliphatic heterocycles. The molecule has 7 heteroatoms. The zero-order chi connectivity index (χ0) is 12.8. The minimum Gasteiger partial charge on any atom is -0.381 e. The lowest BCUT2D eigenvalue weighted by molar-refractivity contribution is 0.124. The summed E-state index contributed by atoms with van der Waals surface area (Å²) in [5.41, 5.74) is 2.27. The Kier molecular flexibility index (Phi) is 4.66. The first-order valence-electron chi connectivity index (χ1n) is 6.10. The molecule has 1 aliphatic carbocycles. The summed E-state index contributed by atoms with van der Waals surface area (Å²) < 4.78 is 18.8. The SMILES string of the molecule is NNc1ncc(F)c(NCCCOCC2CC2)n1. The van der Waals surface area contributed by atoms with Crippen LogP contribution in [0, 0.1) is 11.7 Å². The van der Waals surface area contributed by atoms with Gasteiger partial charge in [-0.1, -0.05) is 0 Å². The van der Waals surface area contributed by atoms with E-state index in [1.165, 1.54) is 12.8 Å². The van der Waals surface area contributed by atoms with Crippen LogP contribution in [0.3, 0.4) is 0 Å². The molecule has 6 nitrogen and oxygen atoms in total. The molecule has 0 amide bonds. The van der Waals surface area contributed by atoms with Gasteiger partial charge in [0.2, 0.25) is 5.95 Å². The molecule has 1 heterocycles. The largest absolute Gasteiger partial charge is 0.381 e. The van der Waals surface area contributed by atoms with Crippen LogP contribution in [0.1, 0.15) is 19.3 Å². The van der Waals surface area contributed by atoms with Gasteiger partial charge < -0.3 is 10.1 Å². The average Bonchev–Trinajstić information content (AvgIpc) is 3.19. The Morgan fingerprint density at radius 2 is 2.33 bits per heavy atom. The molecule has 2 rings (SSSR count). The number of nitrogens with zero attached hydrogens (tertiary/aromatic N) is 2. The van der Waals surface area contributed by atoms with Crippen molar-refractivity contribution in [1.82, 2.24) is 9.97 Å². The third-order valence-electron chi connectivity index (χ3n) is 2.68. The molecule has 0 atom stereocenters. The van der Waals surface area contributed by atoms with Gasteiger partial charge in [-0.25, -0.2) is 15.2 Å². The van der Waals surface area contributed by atoms with Crippen LogP contribution in [0.4, 0.5) is 16.2 Å². The van der Waals surface area contributed by atoms with Crippen LogP contribution >= 0.6 is 0 Å². The Morgan fingerprint density at radius 3 is 3.06 bits per heavy atom. The van der Waals surface area contributed by atoms with E-state index < -0.39 is 5.82 Å². The van der Waals surface area contributed by atoms with Gasteiger partial charge in [0, 0.05) is 19.8 Å². The Hall–Kier alpha value is -1.47. The van der Waals surface area contributed by atoms with Crippen LogP contribution in [0.15, 0.2) is 6.20 Å². The van der Waals surface area contributed by atoms with Crippen LogP contribution in [-0.4, -0.2) is 29.7 Å². The smallest absolute Gasteiger partial charge is 0.239 e. The lowest BCUT2D eigenvalue weighted by atomic mass is 10.4. The van der Waals surface area contributed by atoms with Gasteiger partial charge in [-0.3, -0.25) is 5.43 Å². The fourth-order valence-electron chi connectivity index (χ4n) is 1.48. The number of halogens is 1. The third-order valence-corrected chi connectivity index (χ3v) is 2.68. The summed E-state index contributed by atoms with van der Waals surface area (Å²) in [6, 6.07) is 0. The second-order valence-corrected chi connectivity index (χ2v) is 4.33. The van der Waals surface area contributed by atoms with E-state index in [0.717, 1.165) is 25.1 Å². The number of anilines is 2. The van der Waals surface area contributed by atoms with Gasteiger partial charge in [-0.15, -0.1) is 0 Å². The quantitative estimate of drug-likeness (QED) is 0.367. The number of nitrogen functional groups attached to an aromatic ring is 1. The Bertz CT molecular complexity index is 386. The molecule has 1 saturated carbocycles. The van der Waals surface area contributed by atoms with Gasteiger partial charge in [0.1, 0.15) is 0 Å². The van der Waals surface area contributed by atoms with Gasteiger partial charge >= 0.3 is 0 Å². The molecule has 0 spiro atoms. The molecule has 0 aromatic carbocycles. The van der Waals surface area contributed by atoms with Crippen molar-refractivity contribution in [1.29, 1.82) is 0 Å². The molecule has 0 bridgehead atoms. The summed E-state index contributed by atoms with van der Waals surface area (Å²) in [5.74, 6) is 5.77. The Morgan fingerprint density at radius 1 is 1.50 bits per heavy atom. The number of nitrogens with one attached hydrogen (secondary N) is 2. The lowest BCUT2D eigenvalue weighted by Crippen LogP contribution is -2.14. The summed E-state index contributed by atoms with van der Waals surface area (Å²) in [5, 5.41) is 2.89. The van der Waals surface area contributed by atoms with Crippen molar-refractivity contribution >= 4 is 11.8 Å². The maximum absolute atomic E-state index is 13.3. The highest BCUT2D eigenvalue weighted by atomic mass is 19.1. The number of aromatic nitrogens is 2. The number of nitrogens with two attached hydrogens (primary N) is 1. The van der Waals surface area contributed by atoms with E-state index in [1.807, 2.05) is 0 Å². The second-order valence-electron chi connectivity index (χ2n) is 4.33. The fraction of sp³-hybridized carbons (Fsp3) is 0.636. The van der Waals surface area contributed by atoms with Crippen LogP contribution in [0.25, 0.3) is 0 Å². The summed E-state index contributed by atoms with van der Waals surface area (Å²) in [6.07, 6.45) is 4.47. The number of ether oxygens (including phenoxy) is 1. The molecular weight excluding hydrogens is 237 g/mol. The highest BCUT2D eigenvalue weighted by Gasteiger charge is 2.20. The number of hydrazine groups is 1. The van der Waals surface area contributed by atoms with Gasteiger partial charge in [0.15, 0.2) is 11.6 Å². The lowest BCUT2D eigenvalue weighted by Gasteiger charge is -2.08. The van der Waals surface area contributed by atoms with Crippen molar-refractivity contribution in [3.05, 3.63) is 12.0 Å². The van der Waals surface area contributed by atoms with Gasteiger partial charge in [-0.05, 0) is 25.2 Å². The number of hydrogen-bond acceptors (Lipinski definition) is 6. The fourth-order valence-corrected chi connectivity index (χ4v) is 1.48. The standard InChI is InChI=1S/C11H18FN5O/c12-9-6-15-11(17-13)16-10(9)14-4-1-5-18-7-8-2-3-8/h6,8H,1-5,7,13H2,(H2,14,15,16,17). The molecule has 1 aromatic rings. The molecule has 4 N–H and O–H groups in total. The van der Waals surface area contributed by atoms with Crippen LogP contribution in [0.5, 0.6) is 0 Å². The van der Waals surface area contributed by atoms with E-state index in [4.69, 9.17) is 10.6 Å². The maximum Gasteiger partial charge on any atom is 0.239 e. The van der Waals surface area contributed by atoms with E-state index in [9.17, 15) is 4.39 Å². The van der Waals surface area contributed by atoms with E-state index in [0.29, 0.717) is 13.2 Å². The van der Waals surface area contributed by atoms with Crippen LogP contribution in [0.2, 0.25) is 0 Å². The minimum atomic E-state index is -0.493. The van der Waals surface area contributed by atoms with Crippen molar-refractivity contribution in [2.75, 3.05) is 30.5 Å². The normalized spacial score (nSPS) is 14.6. The second kappa shape index (κ2) is 6.46. The maximum atomic E-state index is 13.3. The Labute approximate surface area is 105 Å². The molecule has 1 fully saturated rings. The monoisotopic (exact) mass is 255 g/mol. The zero-order valence-corrected chi connectivity index (χ0v) is 10.2. The van der Waals surface area contributed by atoms with Crippen LogP contribution in [-0.2, 0) is 4.74 Å². The molecule has 100 valence electrons. The summed E-state index contributed by atoms with van der Waals surface area (Å²) >= 11 is 0. The van der Waals surface area contributed by atoms with Crippen molar-refractivity contribution in [3.8, 4) is 0 Å². The molecule has 18 heavy (non-hydrogen) atoms. The predicted molar refractivity (Wildman–Crippen MR) is 66.4 cm³/mol. The van der Waals surface area contributed by atoms with Gasteiger partial charge in [0.25, 0.3) is 0 Å². The molecule has 1 aromatic heterocycles. The third kappa shape index (κ3) is 4.08. The van der Waals surface area contributed by atoms with Gasteiger partial charge in [-0.2, -0.15) is 4.98 Å². The molecule has 0 saturated heterocycles. The topological polar surface area (TPSA) is 85.1 Å². The van der Waals surface area contributed by atoms with E-state index >= 15 is 0 Å². The van der Waals surface area contributed by atoms with Crippen molar-refractivity contribution in [2.24, 2.45) is 11.8 Å². The Balaban J connectivity index is 1.65. The molecular formula is C11H18FN5O. The van der Waals surface area contributed by atoms with Crippen molar-refractivity contribution in [2.45, 2.75) is 19.3 Å². The average molecular weight is 255 g/mol. The summed E-state index contributed by atoms with van der Waals surface area (Å²) in [4.78, 5) is 7.53. The van der Waals surface area contributed by atoms with Crippen molar-refractivity contribution < 1.29 is 9.13 Å². The van der Waals surface area contributed by atoms with Crippen LogP contribution < -0.4 is 16.6 Å². The first-order chi connectivity index (χ1) is 8.79. The molecule has 0 radical (unpaired) electrons. The van der Waals surface area contributed by atoms with Crippen molar-refractivity contribution in [3.63, 3.8) is 0 Å². The first-order valence-corrected chi connectivity index (χ1v) is 6.10. The van der Waals surface area contributed by atoms with Gasteiger partial charge in [0.05, 0.1) is 6.20 Å². The molecule has 1 aliphatic rings. The highest BCUT2D eigenvalue weighted by molar-refractivity contribution is 5.40. The van der Waals surface area contributed by atoms with E-state index in [2.05, 4.69) is 20.7 Å². The zero-order valence-electron chi connectivity index (χ0n) is 10.2. The first kappa shape index (κ1) is 13.0. The summed E-state index contributed by atoms with van der Waals surface area (Å²) in [7, 11) is 0. The summed E-state index contributed by atoms with van der Waals surface area (Å²) in [6.45, 7) is 2.13. The number of rotatable bonds is 8. The highest BCUT2D eigenvalue weighted by Crippen LogP contribution is 2.28. The minimum absolute atomic E-state index is 0.153.